The van der Waals surface area contributed by atoms with Crippen molar-refractivity contribution in [1.29, 1.82) is 0 Å². The summed E-state index contributed by atoms with van der Waals surface area (Å²) in [7, 11) is 2.00. The zero-order valence-corrected chi connectivity index (χ0v) is 14.3. The number of aromatic amines is 1. The van der Waals surface area contributed by atoms with Gasteiger partial charge in [0.15, 0.2) is 0 Å². The minimum Gasteiger partial charge on any atom is -0.459 e. The second kappa shape index (κ2) is 5.89. The van der Waals surface area contributed by atoms with Gasteiger partial charge in [-0.15, -0.1) is 11.3 Å². The lowest BCUT2D eigenvalue weighted by Gasteiger charge is -2.22. The first-order valence-electron chi connectivity index (χ1n) is 7.77. The number of thiophene rings is 1. The highest BCUT2D eigenvalue weighted by atomic mass is 32.1. The highest BCUT2D eigenvalue weighted by molar-refractivity contribution is 7.17. The van der Waals surface area contributed by atoms with Gasteiger partial charge in [-0.3, -0.25) is 9.69 Å². The molecule has 6 heteroatoms. The Labute approximate surface area is 142 Å². The number of fused-ring (bicyclic) bond motifs is 2. The first-order chi connectivity index (χ1) is 11.6. The lowest BCUT2D eigenvalue weighted by Crippen LogP contribution is -2.24. The summed E-state index contributed by atoms with van der Waals surface area (Å²) in [5.74, 6) is 1.56. The zero-order chi connectivity index (χ0) is 16.7. The van der Waals surface area contributed by atoms with Crippen molar-refractivity contribution in [2.24, 2.45) is 0 Å². The van der Waals surface area contributed by atoms with Crippen molar-refractivity contribution < 1.29 is 4.42 Å². The smallest absolute Gasteiger partial charge is 0.268 e. The second-order valence-electron chi connectivity index (χ2n) is 5.93. The van der Waals surface area contributed by atoms with E-state index in [2.05, 4.69) is 27.9 Å². The summed E-state index contributed by atoms with van der Waals surface area (Å²) in [4.78, 5) is 21.6. The molecule has 1 unspecified atom stereocenters. The number of rotatable bonds is 4. The molecule has 0 amide bonds. The fourth-order valence-corrected chi connectivity index (χ4v) is 3.52. The molecule has 5 nitrogen and oxygen atoms in total. The molecule has 0 spiro atoms. The molecule has 1 atom stereocenters. The van der Waals surface area contributed by atoms with Crippen LogP contribution in [-0.2, 0) is 6.54 Å². The van der Waals surface area contributed by atoms with Gasteiger partial charge in [-0.1, -0.05) is 18.2 Å². The Kier molecular flexibility index (Phi) is 3.70. The standard InChI is InChI=1S/C18H17N3O2S/c1-11(15-9-12-5-3-4-6-14(12)23-15)21(2)10-16-19-13-7-8-24-17(13)18(22)20-16/h3-9,11H,10H2,1-2H3,(H,19,20,22). The number of para-hydroxylation sites is 1. The van der Waals surface area contributed by atoms with Crippen molar-refractivity contribution >= 4 is 32.5 Å². The fraction of sp³-hybridized carbons (Fsp3) is 0.222. The van der Waals surface area contributed by atoms with Crippen LogP contribution in [0.3, 0.4) is 0 Å². The number of hydrogen-bond acceptors (Lipinski definition) is 5. The van der Waals surface area contributed by atoms with E-state index in [1.165, 1.54) is 11.3 Å². The third-order valence-corrected chi connectivity index (χ3v) is 5.18. The summed E-state index contributed by atoms with van der Waals surface area (Å²) < 4.78 is 6.61. The minimum absolute atomic E-state index is 0.0703. The van der Waals surface area contributed by atoms with Crippen LogP contribution in [0.4, 0.5) is 0 Å². The van der Waals surface area contributed by atoms with Crippen LogP contribution in [0, 0.1) is 0 Å². The number of benzene rings is 1. The van der Waals surface area contributed by atoms with Crippen LogP contribution in [0.25, 0.3) is 21.2 Å². The van der Waals surface area contributed by atoms with E-state index in [1.807, 2.05) is 42.8 Å². The molecular formula is C18H17N3O2S. The predicted molar refractivity (Wildman–Crippen MR) is 96.3 cm³/mol. The Morgan fingerprint density at radius 3 is 3.00 bits per heavy atom. The third kappa shape index (κ3) is 2.64. The average Bonchev–Trinajstić information content (AvgIpc) is 3.20. The van der Waals surface area contributed by atoms with Crippen molar-refractivity contribution in [3.8, 4) is 0 Å². The van der Waals surface area contributed by atoms with Crippen LogP contribution in [0.5, 0.6) is 0 Å². The highest BCUT2D eigenvalue weighted by Gasteiger charge is 2.17. The lowest BCUT2D eigenvalue weighted by molar-refractivity contribution is 0.221. The molecular weight excluding hydrogens is 322 g/mol. The van der Waals surface area contributed by atoms with Gasteiger partial charge in [-0.25, -0.2) is 4.98 Å². The summed E-state index contributed by atoms with van der Waals surface area (Å²) in [6.45, 7) is 2.62. The highest BCUT2D eigenvalue weighted by Crippen LogP contribution is 2.27. The number of aromatic nitrogens is 2. The van der Waals surface area contributed by atoms with Gasteiger partial charge in [-0.2, -0.15) is 0 Å². The molecule has 0 saturated carbocycles. The fourth-order valence-electron chi connectivity index (χ4n) is 2.80. The maximum atomic E-state index is 12.1. The van der Waals surface area contributed by atoms with E-state index in [0.29, 0.717) is 17.1 Å². The monoisotopic (exact) mass is 339 g/mol. The third-order valence-electron chi connectivity index (χ3n) is 4.28. The number of nitrogens with one attached hydrogen (secondary N) is 1. The molecule has 0 aliphatic heterocycles. The van der Waals surface area contributed by atoms with Gasteiger partial charge < -0.3 is 9.40 Å². The van der Waals surface area contributed by atoms with E-state index in [9.17, 15) is 4.79 Å². The van der Waals surface area contributed by atoms with E-state index in [-0.39, 0.29) is 11.6 Å². The van der Waals surface area contributed by atoms with Gasteiger partial charge in [0, 0.05) is 5.39 Å². The molecule has 0 radical (unpaired) electrons. The number of furan rings is 1. The van der Waals surface area contributed by atoms with Crippen LogP contribution >= 0.6 is 11.3 Å². The molecule has 0 fully saturated rings. The van der Waals surface area contributed by atoms with Gasteiger partial charge in [0.25, 0.3) is 5.56 Å². The molecule has 24 heavy (non-hydrogen) atoms. The molecule has 0 aliphatic rings. The van der Waals surface area contributed by atoms with E-state index >= 15 is 0 Å². The van der Waals surface area contributed by atoms with E-state index in [4.69, 9.17) is 4.42 Å². The predicted octanol–water partition coefficient (Wildman–Crippen LogP) is 3.92. The SMILES string of the molecule is CC(c1cc2ccccc2o1)N(C)Cc1nc2ccsc2c(=O)[nH]1. The Hall–Kier alpha value is -2.44. The van der Waals surface area contributed by atoms with E-state index in [1.54, 1.807) is 0 Å². The molecule has 0 bridgehead atoms. The Balaban J connectivity index is 1.59. The summed E-state index contributed by atoms with van der Waals surface area (Å²) in [5.41, 5.74) is 1.57. The summed E-state index contributed by atoms with van der Waals surface area (Å²) in [6.07, 6.45) is 0. The van der Waals surface area contributed by atoms with Gasteiger partial charge in [-0.05, 0) is 37.6 Å². The Morgan fingerprint density at radius 1 is 1.33 bits per heavy atom. The van der Waals surface area contributed by atoms with Crippen LogP contribution in [0.1, 0.15) is 24.6 Å². The van der Waals surface area contributed by atoms with Crippen LogP contribution in [-0.4, -0.2) is 21.9 Å². The molecule has 4 rings (SSSR count). The average molecular weight is 339 g/mol. The Morgan fingerprint density at radius 2 is 2.17 bits per heavy atom. The number of hydrogen-bond donors (Lipinski definition) is 1. The quantitative estimate of drug-likeness (QED) is 0.612. The van der Waals surface area contributed by atoms with Crippen LogP contribution in [0.2, 0.25) is 0 Å². The summed E-state index contributed by atoms with van der Waals surface area (Å²) in [6, 6.07) is 12.0. The molecule has 122 valence electrons. The number of nitrogens with zero attached hydrogens (tertiary/aromatic N) is 2. The maximum absolute atomic E-state index is 12.1. The van der Waals surface area contributed by atoms with E-state index in [0.717, 1.165) is 22.2 Å². The lowest BCUT2D eigenvalue weighted by atomic mass is 10.2. The number of H-pyrrole nitrogens is 1. The minimum atomic E-state index is -0.0743. The van der Waals surface area contributed by atoms with Crippen molar-refractivity contribution in [3.63, 3.8) is 0 Å². The Bertz CT molecular complexity index is 1030. The van der Waals surface area contributed by atoms with Crippen molar-refractivity contribution in [2.75, 3.05) is 7.05 Å². The summed E-state index contributed by atoms with van der Waals surface area (Å²) in [5, 5.41) is 2.98. The van der Waals surface area contributed by atoms with Crippen LogP contribution in [0.15, 0.2) is 51.0 Å². The second-order valence-corrected chi connectivity index (χ2v) is 6.84. The molecule has 4 aromatic rings. The van der Waals surface area contributed by atoms with Crippen molar-refractivity contribution in [3.05, 3.63) is 63.7 Å². The van der Waals surface area contributed by atoms with Crippen LogP contribution < -0.4 is 5.56 Å². The molecule has 0 aliphatic carbocycles. The first-order valence-corrected chi connectivity index (χ1v) is 8.65. The molecule has 3 heterocycles. The van der Waals surface area contributed by atoms with Gasteiger partial charge in [0.2, 0.25) is 0 Å². The van der Waals surface area contributed by atoms with Crippen molar-refractivity contribution in [1.82, 2.24) is 14.9 Å². The van der Waals surface area contributed by atoms with E-state index < -0.39 is 0 Å². The van der Waals surface area contributed by atoms with Crippen molar-refractivity contribution in [2.45, 2.75) is 19.5 Å². The van der Waals surface area contributed by atoms with Gasteiger partial charge in [0.1, 0.15) is 21.9 Å². The first kappa shape index (κ1) is 15.1. The molecule has 1 N–H and O–H groups in total. The summed E-state index contributed by atoms with van der Waals surface area (Å²) >= 11 is 1.41. The maximum Gasteiger partial charge on any atom is 0.268 e. The van der Waals surface area contributed by atoms with Gasteiger partial charge >= 0.3 is 0 Å². The largest absolute Gasteiger partial charge is 0.459 e. The van der Waals surface area contributed by atoms with Gasteiger partial charge in [0.05, 0.1) is 18.1 Å². The molecule has 0 saturated heterocycles. The molecule has 3 aromatic heterocycles. The zero-order valence-electron chi connectivity index (χ0n) is 13.4. The normalized spacial score (nSPS) is 13.1. The molecule has 1 aromatic carbocycles. The topological polar surface area (TPSA) is 62.1 Å².